The third kappa shape index (κ3) is 4.53. The zero-order valence-electron chi connectivity index (χ0n) is 18.0. The molecule has 0 atom stereocenters. The Bertz CT molecular complexity index is 1390. The first-order chi connectivity index (χ1) is 16.2. The summed E-state index contributed by atoms with van der Waals surface area (Å²) in [5.74, 6) is -0.166. The lowest BCUT2D eigenvalue weighted by Gasteiger charge is -2.06. The lowest BCUT2D eigenvalue weighted by atomic mass is 10.0. The van der Waals surface area contributed by atoms with Crippen LogP contribution in [0, 0.1) is 0 Å². The van der Waals surface area contributed by atoms with Gasteiger partial charge >= 0.3 is 0 Å². The highest BCUT2D eigenvalue weighted by atomic mass is 16.1. The summed E-state index contributed by atoms with van der Waals surface area (Å²) in [4.78, 5) is 19.2. The Morgan fingerprint density at radius 2 is 1.79 bits per heavy atom. The highest BCUT2D eigenvalue weighted by molar-refractivity contribution is 5.95. The number of aromatic nitrogens is 4. The fraction of sp³-hybridized carbons (Fsp3) is 0.115. The van der Waals surface area contributed by atoms with Crippen molar-refractivity contribution < 1.29 is 4.79 Å². The number of aromatic amines is 1. The number of amides is 1. The lowest BCUT2D eigenvalue weighted by molar-refractivity contribution is -0.119. The average molecular weight is 437 g/mol. The molecule has 3 heterocycles. The van der Waals surface area contributed by atoms with E-state index >= 15 is 0 Å². The summed E-state index contributed by atoms with van der Waals surface area (Å²) < 4.78 is 1.95. The first-order valence-corrected chi connectivity index (χ1v) is 10.8. The normalized spacial score (nSPS) is 11.1. The van der Waals surface area contributed by atoms with Crippen LogP contribution in [0.5, 0.6) is 0 Å². The number of nitrogens with zero attached hydrogens (tertiary/aromatic N) is 3. The summed E-state index contributed by atoms with van der Waals surface area (Å²) >= 11 is 0. The van der Waals surface area contributed by atoms with E-state index in [0.29, 0.717) is 6.54 Å². The number of nitrogens with two attached hydrogens (primary N) is 1. The molecule has 0 spiro atoms. The Labute approximate surface area is 191 Å². The van der Waals surface area contributed by atoms with E-state index in [0.717, 1.165) is 45.4 Å². The fourth-order valence-electron chi connectivity index (χ4n) is 3.85. The van der Waals surface area contributed by atoms with Crippen molar-refractivity contribution in [3.05, 3.63) is 96.6 Å². The largest absolute Gasteiger partial charge is 0.351 e. The van der Waals surface area contributed by atoms with Gasteiger partial charge in [0.05, 0.1) is 19.3 Å². The quantitative estimate of drug-likeness (QED) is 0.362. The van der Waals surface area contributed by atoms with E-state index in [2.05, 4.69) is 44.8 Å². The molecule has 0 bridgehead atoms. The average Bonchev–Trinajstić information content (AvgIpc) is 3.49. The van der Waals surface area contributed by atoms with Gasteiger partial charge in [0, 0.05) is 47.2 Å². The standard InChI is InChI=1S/C26H24N6O/c27-11-25(33)28-12-18-6-8-20(9-7-18)21-10-23-24(15-30-26(23)29-13-21)22-14-31-32(17-22)16-19-4-2-1-3-5-19/h1-10,13-15,17H,11-12,16,27H2,(H,28,33)(H,29,30). The van der Waals surface area contributed by atoms with Crippen molar-refractivity contribution in [3.8, 4) is 22.3 Å². The highest BCUT2D eigenvalue weighted by Gasteiger charge is 2.11. The predicted molar refractivity (Wildman–Crippen MR) is 129 cm³/mol. The second-order valence-electron chi connectivity index (χ2n) is 7.91. The number of nitrogens with one attached hydrogen (secondary N) is 2. The molecule has 3 aromatic heterocycles. The monoisotopic (exact) mass is 436 g/mol. The maximum atomic E-state index is 11.4. The van der Waals surface area contributed by atoms with Gasteiger partial charge in [-0.05, 0) is 22.8 Å². The lowest BCUT2D eigenvalue weighted by Crippen LogP contribution is -2.29. The minimum absolute atomic E-state index is 0.00603. The third-order valence-corrected chi connectivity index (χ3v) is 5.63. The van der Waals surface area contributed by atoms with Gasteiger partial charge in [0.1, 0.15) is 5.65 Å². The molecule has 5 aromatic rings. The predicted octanol–water partition coefficient (Wildman–Crippen LogP) is 3.72. The summed E-state index contributed by atoms with van der Waals surface area (Å²) in [5, 5.41) is 8.38. The van der Waals surface area contributed by atoms with Crippen LogP contribution in [0.3, 0.4) is 0 Å². The Morgan fingerprint density at radius 3 is 2.58 bits per heavy atom. The maximum absolute atomic E-state index is 11.4. The molecule has 4 N–H and O–H groups in total. The van der Waals surface area contributed by atoms with Crippen molar-refractivity contribution in [3.63, 3.8) is 0 Å². The number of fused-ring (bicyclic) bond motifs is 1. The van der Waals surface area contributed by atoms with Crippen LogP contribution >= 0.6 is 0 Å². The third-order valence-electron chi connectivity index (χ3n) is 5.63. The van der Waals surface area contributed by atoms with Crippen LogP contribution in [0.15, 0.2) is 85.5 Å². The molecule has 2 aromatic carbocycles. The van der Waals surface area contributed by atoms with Gasteiger partial charge in [0.2, 0.25) is 5.91 Å². The molecule has 7 nitrogen and oxygen atoms in total. The number of H-pyrrole nitrogens is 1. The maximum Gasteiger partial charge on any atom is 0.234 e. The molecule has 0 aliphatic heterocycles. The van der Waals surface area contributed by atoms with Crippen molar-refractivity contribution in [2.75, 3.05) is 6.54 Å². The van der Waals surface area contributed by atoms with Crippen molar-refractivity contribution in [1.29, 1.82) is 0 Å². The summed E-state index contributed by atoms with van der Waals surface area (Å²) in [6.45, 7) is 1.18. The first kappa shape index (κ1) is 20.7. The van der Waals surface area contributed by atoms with Crippen LogP contribution in [0.4, 0.5) is 0 Å². The molecule has 0 saturated heterocycles. The number of benzene rings is 2. The number of pyridine rings is 1. The van der Waals surface area contributed by atoms with E-state index in [9.17, 15) is 4.79 Å². The number of hydrogen-bond acceptors (Lipinski definition) is 4. The van der Waals surface area contributed by atoms with E-state index in [1.165, 1.54) is 5.56 Å². The van der Waals surface area contributed by atoms with Crippen LogP contribution in [-0.4, -0.2) is 32.2 Å². The molecule has 0 fully saturated rings. The minimum Gasteiger partial charge on any atom is -0.351 e. The highest BCUT2D eigenvalue weighted by Crippen LogP contribution is 2.31. The zero-order chi connectivity index (χ0) is 22.6. The number of carbonyl (C=O) groups is 1. The van der Waals surface area contributed by atoms with Gasteiger partial charge in [-0.1, -0.05) is 54.6 Å². The SMILES string of the molecule is NCC(=O)NCc1ccc(-c2cnc3[nH]cc(-c4cnn(Cc5ccccc5)c4)c3c2)cc1. The van der Waals surface area contributed by atoms with Gasteiger partial charge in [-0.15, -0.1) is 0 Å². The Hall–Kier alpha value is -4.23. The number of rotatable bonds is 7. The fourth-order valence-corrected chi connectivity index (χ4v) is 3.85. The van der Waals surface area contributed by atoms with Gasteiger partial charge in [0.15, 0.2) is 0 Å². The summed E-state index contributed by atoms with van der Waals surface area (Å²) in [6.07, 6.45) is 7.80. The van der Waals surface area contributed by atoms with Crippen molar-refractivity contribution in [1.82, 2.24) is 25.1 Å². The molecule has 164 valence electrons. The number of hydrogen-bond donors (Lipinski definition) is 3. The summed E-state index contributed by atoms with van der Waals surface area (Å²) in [7, 11) is 0. The smallest absolute Gasteiger partial charge is 0.234 e. The van der Waals surface area contributed by atoms with Gasteiger partial charge < -0.3 is 16.0 Å². The van der Waals surface area contributed by atoms with Crippen molar-refractivity contribution in [2.24, 2.45) is 5.73 Å². The van der Waals surface area contributed by atoms with Gasteiger partial charge in [-0.25, -0.2) is 4.98 Å². The zero-order valence-corrected chi connectivity index (χ0v) is 18.0. The second-order valence-corrected chi connectivity index (χ2v) is 7.91. The van der Waals surface area contributed by atoms with Crippen LogP contribution in [0.2, 0.25) is 0 Å². The molecular formula is C26H24N6O. The van der Waals surface area contributed by atoms with Crippen LogP contribution in [-0.2, 0) is 17.9 Å². The minimum atomic E-state index is -0.166. The van der Waals surface area contributed by atoms with Gasteiger partial charge in [0.25, 0.3) is 0 Å². The number of carbonyl (C=O) groups excluding carboxylic acids is 1. The van der Waals surface area contributed by atoms with E-state index in [4.69, 9.17) is 5.73 Å². The summed E-state index contributed by atoms with van der Waals surface area (Å²) in [6, 6.07) is 20.5. The second kappa shape index (κ2) is 9.10. The molecule has 33 heavy (non-hydrogen) atoms. The summed E-state index contributed by atoms with van der Waals surface area (Å²) in [5.41, 5.74) is 12.6. The van der Waals surface area contributed by atoms with E-state index in [1.807, 2.05) is 65.7 Å². The van der Waals surface area contributed by atoms with E-state index < -0.39 is 0 Å². The Morgan fingerprint density at radius 1 is 0.970 bits per heavy atom. The van der Waals surface area contributed by atoms with Gasteiger partial charge in [-0.3, -0.25) is 9.48 Å². The van der Waals surface area contributed by atoms with Crippen LogP contribution in [0.1, 0.15) is 11.1 Å². The molecule has 0 unspecified atom stereocenters. The Balaban J connectivity index is 1.39. The molecule has 0 radical (unpaired) electrons. The molecule has 1 amide bonds. The molecule has 0 saturated carbocycles. The molecule has 5 rings (SSSR count). The van der Waals surface area contributed by atoms with Crippen molar-refractivity contribution >= 4 is 16.9 Å². The van der Waals surface area contributed by atoms with E-state index in [-0.39, 0.29) is 12.5 Å². The molecule has 7 heteroatoms. The molecular weight excluding hydrogens is 412 g/mol. The first-order valence-electron chi connectivity index (χ1n) is 10.8. The van der Waals surface area contributed by atoms with Crippen LogP contribution < -0.4 is 11.1 Å². The molecule has 0 aliphatic carbocycles. The topological polar surface area (TPSA) is 102 Å². The Kier molecular flexibility index (Phi) is 5.70. The molecule has 0 aliphatic rings. The van der Waals surface area contributed by atoms with Gasteiger partial charge in [-0.2, -0.15) is 5.10 Å². The van der Waals surface area contributed by atoms with E-state index in [1.54, 1.807) is 0 Å². The van der Waals surface area contributed by atoms with Crippen molar-refractivity contribution in [2.45, 2.75) is 13.1 Å². The van der Waals surface area contributed by atoms with Crippen LogP contribution in [0.25, 0.3) is 33.3 Å².